The van der Waals surface area contributed by atoms with Crippen LogP contribution in [-0.4, -0.2) is 18.6 Å². The van der Waals surface area contributed by atoms with Crippen molar-refractivity contribution in [1.29, 1.82) is 0 Å². The van der Waals surface area contributed by atoms with Crippen molar-refractivity contribution >= 4 is 17.3 Å². The second-order valence-corrected chi connectivity index (χ2v) is 4.75. The quantitative estimate of drug-likeness (QED) is 0.777. The van der Waals surface area contributed by atoms with E-state index in [0.29, 0.717) is 5.88 Å². The zero-order valence-corrected chi connectivity index (χ0v) is 11.6. The van der Waals surface area contributed by atoms with E-state index in [1.807, 2.05) is 30.1 Å². The summed E-state index contributed by atoms with van der Waals surface area (Å²) in [6, 6.07) is 8.89. The van der Waals surface area contributed by atoms with E-state index in [1.54, 1.807) is 12.4 Å². The maximum atomic E-state index is 13.4. The van der Waals surface area contributed by atoms with Gasteiger partial charge in [-0.1, -0.05) is 0 Å². The van der Waals surface area contributed by atoms with Crippen LogP contribution < -0.4 is 4.90 Å². The number of anilines is 1. The van der Waals surface area contributed by atoms with Gasteiger partial charge < -0.3 is 4.90 Å². The first-order valence-corrected chi connectivity index (χ1v) is 6.68. The first-order valence-electron chi connectivity index (χ1n) is 6.14. The summed E-state index contributed by atoms with van der Waals surface area (Å²) in [5, 5.41) is 0. The van der Waals surface area contributed by atoms with Crippen molar-refractivity contribution in [2.24, 2.45) is 0 Å². The normalized spacial score (nSPS) is 10.5. The summed E-state index contributed by atoms with van der Waals surface area (Å²) in [7, 11) is 1.95. The Labute approximate surface area is 117 Å². The summed E-state index contributed by atoms with van der Waals surface area (Å²) in [6.45, 7) is 0.815. The molecule has 1 heterocycles. The second kappa shape index (κ2) is 6.53. The van der Waals surface area contributed by atoms with Gasteiger partial charge in [0.25, 0.3) is 0 Å². The van der Waals surface area contributed by atoms with E-state index >= 15 is 0 Å². The Bertz CT molecular complexity index is 531. The van der Waals surface area contributed by atoms with Gasteiger partial charge in [-0.3, -0.25) is 4.98 Å². The molecule has 0 aliphatic carbocycles. The van der Waals surface area contributed by atoms with E-state index in [-0.39, 0.29) is 5.82 Å². The average molecular weight is 279 g/mol. The molecule has 0 aliphatic rings. The number of benzene rings is 1. The number of halogens is 2. The largest absolute Gasteiger partial charge is 0.374 e. The predicted octanol–water partition coefficient (Wildman–Crippen LogP) is 3.64. The van der Waals surface area contributed by atoms with Crippen molar-refractivity contribution in [2.45, 2.75) is 12.3 Å². The van der Waals surface area contributed by atoms with Crippen LogP contribution in [0, 0.1) is 5.82 Å². The highest BCUT2D eigenvalue weighted by Gasteiger charge is 2.05. The topological polar surface area (TPSA) is 16.1 Å². The third-order valence-electron chi connectivity index (χ3n) is 3.02. The minimum Gasteiger partial charge on any atom is -0.374 e. The maximum Gasteiger partial charge on any atom is 0.125 e. The summed E-state index contributed by atoms with van der Waals surface area (Å²) < 4.78 is 13.4. The SMILES string of the molecule is CN(CCc1ccncc1)c1cc(F)cc(CCl)c1. The Morgan fingerprint density at radius 2 is 1.89 bits per heavy atom. The molecule has 2 aromatic rings. The molecular weight excluding hydrogens is 263 g/mol. The minimum absolute atomic E-state index is 0.246. The summed E-state index contributed by atoms with van der Waals surface area (Å²) in [5.41, 5.74) is 2.87. The lowest BCUT2D eigenvalue weighted by Crippen LogP contribution is -2.20. The lowest BCUT2D eigenvalue weighted by molar-refractivity contribution is 0.625. The Balaban J connectivity index is 2.03. The number of hydrogen-bond acceptors (Lipinski definition) is 2. The third kappa shape index (κ3) is 3.93. The molecule has 1 aromatic heterocycles. The van der Waals surface area contributed by atoms with Crippen LogP contribution in [0.3, 0.4) is 0 Å². The molecule has 0 aliphatic heterocycles. The summed E-state index contributed by atoms with van der Waals surface area (Å²) in [5.74, 6) is 0.0760. The van der Waals surface area contributed by atoms with Gasteiger partial charge in [-0.15, -0.1) is 11.6 Å². The van der Waals surface area contributed by atoms with Crippen LogP contribution in [0.2, 0.25) is 0 Å². The third-order valence-corrected chi connectivity index (χ3v) is 3.33. The Morgan fingerprint density at radius 3 is 2.58 bits per heavy atom. The minimum atomic E-state index is -0.246. The molecule has 0 saturated carbocycles. The number of hydrogen-bond donors (Lipinski definition) is 0. The number of aromatic nitrogens is 1. The van der Waals surface area contributed by atoms with Crippen molar-refractivity contribution < 1.29 is 4.39 Å². The first-order chi connectivity index (χ1) is 9.19. The van der Waals surface area contributed by atoms with Crippen LogP contribution in [-0.2, 0) is 12.3 Å². The van der Waals surface area contributed by atoms with Gasteiger partial charge in [0.15, 0.2) is 0 Å². The van der Waals surface area contributed by atoms with Gasteiger partial charge in [-0.25, -0.2) is 4.39 Å². The van der Waals surface area contributed by atoms with E-state index < -0.39 is 0 Å². The van der Waals surface area contributed by atoms with Crippen molar-refractivity contribution in [3.63, 3.8) is 0 Å². The molecule has 0 spiro atoms. The number of likely N-dealkylation sites (N-methyl/N-ethyl adjacent to an activating group) is 1. The summed E-state index contributed by atoms with van der Waals surface area (Å²) >= 11 is 5.76. The first kappa shape index (κ1) is 13.8. The molecule has 1 aromatic carbocycles. The molecule has 0 radical (unpaired) electrons. The monoisotopic (exact) mass is 278 g/mol. The summed E-state index contributed by atoms with van der Waals surface area (Å²) in [6.07, 6.45) is 4.46. The standard InChI is InChI=1S/C15H16ClFN2/c1-19(7-4-12-2-5-18-6-3-12)15-9-13(11-16)8-14(17)10-15/h2-3,5-6,8-10H,4,7,11H2,1H3. The van der Waals surface area contributed by atoms with Crippen LogP contribution in [0.4, 0.5) is 10.1 Å². The molecule has 0 amide bonds. The Hall–Kier alpha value is -1.61. The molecule has 0 fully saturated rings. The molecule has 19 heavy (non-hydrogen) atoms. The highest BCUT2D eigenvalue weighted by atomic mass is 35.5. The fraction of sp³-hybridized carbons (Fsp3) is 0.267. The van der Waals surface area contributed by atoms with Gasteiger partial charge in [0.2, 0.25) is 0 Å². The highest BCUT2D eigenvalue weighted by Crippen LogP contribution is 2.19. The van der Waals surface area contributed by atoms with Gasteiger partial charge >= 0.3 is 0 Å². The lowest BCUT2D eigenvalue weighted by atomic mass is 10.1. The van der Waals surface area contributed by atoms with E-state index in [1.165, 1.54) is 17.7 Å². The molecular formula is C15H16ClFN2. The van der Waals surface area contributed by atoms with Crippen LogP contribution in [0.15, 0.2) is 42.7 Å². The fourth-order valence-corrected chi connectivity index (χ4v) is 2.06. The average Bonchev–Trinajstić information content (AvgIpc) is 2.45. The van der Waals surface area contributed by atoms with E-state index in [4.69, 9.17) is 11.6 Å². The second-order valence-electron chi connectivity index (χ2n) is 4.48. The molecule has 0 bridgehead atoms. The van der Waals surface area contributed by atoms with Gasteiger partial charge in [-0.2, -0.15) is 0 Å². The molecule has 0 unspecified atom stereocenters. The predicted molar refractivity (Wildman–Crippen MR) is 77.2 cm³/mol. The van der Waals surface area contributed by atoms with Crippen LogP contribution in [0.25, 0.3) is 0 Å². The number of rotatable bonds is 5. The van der Waals surface area contributed by atoms with Crippen molar-refractivity contribution in [3.05, 3.63) is 59.7 Å². The molecule has 2 rings (SSSR count). The van der Waals surface area contributed by atoms with Gasteiger partial charge in [0, 0.05) is 37.6 Å². The molecule has 100 valence electrons. The molecule has 4 heteroatoms. The van der Waals surface area contributed by atoms with E-state index in [2.05, 4.69) is 4.98 Å². The van der Waals surface area contributed by atoms with Crippen LogP contribution in [0.5, 0.6) is 0 Å². The number of nitrogens with zero attached hydrogens (tertiary/aromatic N) is 2. The van der Waals surface area contributed by atoms with Gasteiger partial charge in [0.1, 0.15) is 5.82 Å². The maximum absolute atomic E-state index is 13.4. The molecule has 2 nitrogen and oxygen atoms in total. The Kier molecular flexibility index (Phi) is 4.74. The van der Waals surface area contributed by atoms with Crippen LogP contribution in [0.1, 0.15) is 11.1 Å². The molecule has 0 atom stereocenters. The van der Waals surface area contributed by atoms with E-state index in [0.717, 1.165) is 24.2 Å². The van der Waals surface area contributed by atoms with Crippen molar-refractivity contribution in [1.82, 2.24) is 4.98 Å². The van der Waals surface area contributed by atoms with Crippen molar-refractivity contribution in [3.8, 4) is 0 Å². The van der Waals surface area contributed by atoms with Gasteiger partial charge in [-0.05, 0) is 47.9 Å². The summed E-state index contributed by atoms with van der Waals surface area (Å²) in [4.78, 5) is 6.01. The zero-order chi connectivity index (χ0) is 13.7. The smallest absolute Gasteiger partial charge is 0.125 e. The Morgan fingerprint density at radius 1 is 1.16 bits per heavy atom. The van der Waals surface area contributed by atoms with Crippen molar-refractivity contribution in [2.75, 3.05) is 18.5 Å². The lowest BCUT2D eigenvalue weighted by Gasteiger charge is -2.20. The highest BCUT2D eigenvalue weighted by molar-refractivity contribution is 6.17. The zero-order valence-electron chi connectivity index (χ0n) is 10.8. The fourth-order valence-electron chi connectivity index (χ4n) is 1.91. The molecule has 0 N–H and O–H groups in total. The molecule has 0 saturated heterocycles. The number of alkyl halides is 1. The van der Waals surface area contributed by atoms with Gasteiger partial charge in [0.05, 0.1) is 0 Å². The van der Waals surface area contributed by atoms with E-state index in [9.17, 15) is 4.39 Å². The number of pyridine rings is 1. The van der Waals surface area contributed by atoms with Crippen LogP contribution >= 0.6 is 11.6 Å².